The van der Waals surface area contributed by atoms with E-state index in [1.54, 1.807) is 29.5 Å². The zero-order valence-corrected chi connectivity index (χ0v) is 14.4. The average Bonchev–Trinajstić information content (AvgIpc) is 3.07. The van der Waals surface area contributed by atoms with E-state index in [9.17, 15) is 5.11 Å². The first-order valence-electron chi connectivity index (χ1n) is 7.87. The molecule has 0 unspecified atom stereocenters. The van der Waals surface area contributed by atoms with Crippen LogP contribution in [-0.2, 0) is 0 Å². The molecule has 5 heteroatoms. The van der Waals surface area contributed by atoms with Crippen LogP contribution in [0.3, 0.4) is 0 Å². The predicted octanol–water partition coefficient (Wildman–Crippen LogP) is 6.39. The van der Waals surface area contributed by atoms with Gasteiger partial charge in [0.05, 0.1) is 15.9 Å². The van der Waals surface area contributed by atoms with Crippen molar-refractivity contribution in [1.82, 2.24) is 4.98 Å². The number of aryl methyl sites for hydroxylation is 1. The van der Waals surface area contributed by atoms with E-state index >= 15 is 0 Å². The van der Waals surface area contributed by atoms with Gasteiger partial charge in [-0.3, -0.25) is 0 Å². The van der Waals surface area contributed by atoms with Crippen molar-refractivity contribution < 1.29 is 5.11 Å². The largest absolute Gasteiger partial charge is 0.506 e. The van der Waals surface area contributed by atoms with Crippen LogP contribution in [0.2, 0.25) is 0 Å². The molecule has 0 aliphatic heterocycles. The van der Waals surface area contributed by atoms with E-state index in [1.165, 1.54) is 10.3 Å². The van der Waals surface area contributed by atoms with Gasteiger partial charge in [0.2, 0.25) is 0 Å². The third kappa shape index (κ3) is 3.14. The molecule has 0 saturated carbocycles. The lowest BCUT2D eigenvalue weighted by atomic mass is 10.2. The smallest absolute Gasteiger partial charge is 0.143 e. The van der Waals surface area contributed by atoms with Crippen LogP contribution in [0.25, 0.3) is 20.8 Å². The SMILES string of the molecule is Cc1cccc2nc(-c3ccc(N=Nc4ccccc4O)cc3)sc12. The number of hydrogen-bond acceptors (Lipinski definition) is 5. The number of fused-ring (bicyclic) bond motifs is 1. The quantitative estimate of drug-likeness (QED) is 0.437. The van der Waals surface area contributed by atoms with Gasteiger partial charge >= 0.3 is 0 Å². The lowest BCUT2D eigenvalue weighted by molar-refractivity contribution is 0.476. The first-order valence-corrected chi connectivity index (χ1v) is 8.69. The van der Waals surface area contributed by atoms with Crippen molar-refractivity contribution in [2.24, 2.45) is 10.2 Å². The highest BCUT2D eigenvalue weighted by Gasteiger charge is 2.07. The van der Waals surface area contributed by atoms with Crippen molar-refractivity contribution in [1.29, 1.82) is 0 Å². The van der Waals surface area contributed by atoms with Crippen molar-refractivity contribution in [3.8, 4) is 16.3 Å². The minimum atomic E-state index is 0.118. The van der Waals surface area contributed by atoms with Gasteiger partial charge in [-0.25, -0.2) is 4.98 Å². The summed E-state index contributed by atoms with van der Waals surface area (Å²) in [5.41, 5.74) is 4.51. The summed E-state index contributed by atoms with van der Waals surface area (Å²) in [6, 6.07) is 20.8. The Balaban J connectivity index is 1.61. The number of aromatic hydroxyl groups is 1. The Labute approximate surface area is 149 Å². The molecule has 0 bridgehead atoms. The minimum absolute atomic E-state index is 0.118. The molecule has 122 valence electrons. The second kappa shape index (κ2) is 6.45. The number of rotatable bonds is 3. The van der Waals surface area contributed by atoms with Crippen LogP contribution in [0.4, 0.5) is 11.4 Å². The molecule has 0 aliphatic rings. The molecule has 1 heterocycles. The summed E-state index contributed by atoms with van der Waals surface area (Å²) in [5, 5.41) is 19.0. The second-order valence-corrected chi connectivity index (χ2v) is 6.68. The lowest BCUT2D eigenvalue weighted by Gasteiger charge is -1.98. The molecular weight excluding hydrogens is 330 g/mol. The summed E-state index contributed by atoms with van der Waals surface area (Å²) in [7, 11) is 0. The van der Waals surface area contributed by atoms with Crippen molar-refractivity contribution in [3.05, 3.63) is 72.3 Å². The zero-order chi connectivity index (χ0) is 17.2. The van der Waals surface area contributed by atoms with Crippen molar-refractivity contribution in [2.75, 3.05) is 0 Å². The molecule has 25 heavy (non-hydrogen) atoms. The number of para-hydroxylation sites is 1. The Morgan fingerprint density at radius 1 is 0.880 bits per heavy atom. The van der Waals surface area contributed by atoms with Gasteiger partial charge in [0.25, 0.3) is 0 Å². The van der Waals surface area contributed by atoms with Crippen molar-refractivity contribution >= 4 is 32.9 Å². The molecule has 0 saturated heterocycles. The highest BCUT2D eigenvalue weighted by molar-refractivity contribution is 7.21. The van der Waals surface area contributed by atoms with E-state index in [4.69, 9.17) is 4.98 Å². The number of benzene rings is 3. The first kappa shape index (κ1) is 15.5. The summed E-state index contributed by atoms with van der Waals surface area (Å²) in [6.45, 7) is 2.10. The Morgan fingerprint density at radius 3 is 2.44 bits per heavy atom. The third-order valence-electron chi connectivity index (χ3n) is 3.88. The van der Waals surface area contributed by atoms with Crippen LogP contribution in [-0.4, -0.2) is 10.1 Å². The molecule has 0 amide bonds. The zero-order valence-electron chi connectivity index (χ0n) is 13.5. The van der Waals surface area contributed by atoms with Crippen LogP contribution < -0.4 is 0 Å². The molecule has 0 aliphatic carbocycles. The summed E-state index contributed by atoms with van der Waals surface area (Å²) in [5.74, 6) is 0.118. The summed E-state index contributed by atoms with van der Waals surface area (Å²) in [4.78, 5) is 4.71. The molecule has 0 fully saturated rings. The summed E-state index contributed by atoms with van der Waals surface area (Å²) >= 11 is 1.70. The molecule has 4 rings (SSSR count). The van der Waals surface area contributed by atoms with Crippen molar-refractivity contribution in [2.45, 2.75) is 6.92 Å². The van der Waals surface area contributed by atoms with Crippen LogP contribution in [0.5, 0.6) is 5.75 Å². The van der Waals surface area contributed by atoms with Crippen LogP contribution >= 0.6 is 11.3 Å². The number of azo groups is 1. The standard InChI is InChI=1S/C20H15N3OS/c1-13-5-4-7-17-19(13)25-20(21-17)14-9-11-15(12-10-14)22-23-16-6-2-3-8-18(16)24/h2-12,24H,1H3. The Hall–Kier alpha value is -3.05. The minimum Gasteiger partial charge on any atom is -0.506 e. The van der Waals surface area contributed by atoms with Gasteiger partial charge in [-0.15, -0.1) is 16.5 Å². The fourth-order valence-electron chi connectivity index (χ4n) is 2.54. The highest BCUT2D eigenvalue weighted by atomic mass is 32.1. The van der Waals surface area contributed by atoms with E-state index < -0.39 is 0 Å². The molecule has 0 atom stereocenters. The maximum absolute atomic E-state index is 9.71. The van der Waals surface area contributed by atoms with E-state index in [2.05, 4.69) is 23.2 Å². The number of hydrogen-bond donors (Lipinski definition) is 1. The normalized spacial score (nSPS) is 11.4. The van der Waals surface area contributed by atoms with Gasteiger partial charge in [0, 0.05) is 5.56 Å². The molecular formula is C20H15N3OS. The molecule has 4 aromatic rings. The Morgan fingerprint density at radius 2 is 1.68 bits per heavy atom. The lowest BCUT2D eigenvalue weighted by Crippen LogP contribution is -1.75. The van der Waals surface area contributed by atoms with Gasteiger partial charge in [-0.05, 0) is 55.0 Å². The topological polar surface area (TPSA) is 57.8 Å². The Kier molecular flexibility index (Phi) is 3.99. The van der Waals surface area contributed by atoms with Gasteiger partial charge in [-0.1, -0.05) is 24.3 Å². The number of nitrogens with zero attached hydrogens (tertiary/aromatic N) is 3. The fourth-order valence-corrected chi connectivity index (χ4v) is 3.58. The van der Waals surface area contributed by atoms with Gasteiger partial charge in [0.15, 0.2) is 0 Å². The van der Waals surface area contributed by atoms with Gasteiger partial charge in [0.1, 0.15) is 16.4 Å². The van der Waals surface area contributed by atoms with E-state index in [0.29, 0.717) is 5.69 Å². The van der Waals surface area contributed by atoms with Gasteiger partial charge < -0.3 is 5.11 Å². The average molecular weight is 345 g/mol. The van der Waals surface area contributed by atoms with E-state index in [0.717, 1.165) is 21.8 Å². The second-order valence-electron chi connectivity index (χ2n) is 5.68. The number of aromatic nitrogens is 1. The van der Waals surface area contributed by atoms with Crippen LogP contribution in [0.15, 0.2) is 77.0 Å². The fraction of sp³-hybridized carbons (Fsp3) is 0.0500. The van der Waals surface area contributed by atoms with Crippen molar-refractivity contribution in [3.63, 3.8) is 0 Å². The predicted molar refractivity (Wildman–Crippen MR) is 102 cm³/mol. The molecule has 1 N–H and O–H groups in total. The Bertz CT molecular complexity index is 1070. The van der Waals surface area contributed by atoms with E-state index in [-0.39, 0.29) is 5.75 Å². The van der Waals surface area contributed by atoms with Crippen LogP contribution in [0.1, 0.15) is 5.56 Å². The number of phenols is 1. The maximum Gasteiger partial charge on any atom is 0.143 e. The first-order chi connectivity index (χ1) is 12.2. The van der Waals surface area contributed by atoms with E-state index in [1.807, 2.05) is 42.5 Å². The molecule has 0 spiro atoms. The molecule has 0 radical (unpaired) electrons. The molecule has 4 nitrogen and oxygen atoms in total. The monoisotopic (exact) mass is 345 g/mol. The maximum atomic E-state index is 9.71. The third-order valence-corrected chi connectivity index (χ3v) is 5.14. The number of phenolic OH excluding ortho intramolecular Hbond substituents is 1. The van der Waals surface area contributed by atoms with Gasteiger partial charge in [-0.2, -0.15) is 5.11 Å². The molecule has 3 aromatic carbocycles. The highest BCUT2D eigenvalue weighted by Crippen LogP contribution is 2.33. The summed E-state index contributed by atoms with van der Waals surface area (Å²) < 4.78 is 1.22. The number of thiazole rings is 1. The summed E-state index contributed by atoms with van der Waals surface area (Å²) in [6.07, 6.45) is 0. The van der Waals surface area contributed by atoms with Crippen LogP contribution in [0, 0.1) is 6.92 Å². The molecule has 1 aromatic heterocycles.